The molecule has 0 bridgehead atoms. The Morgan fingerprint density at radius 2 is 2.14 bits per heavy atom. The molecule has 0 heterocycles. The van der Waals surface area contributed by atoms with E-state index in [9.17, 15) is 0 Å². The molecule has 1 fully saturated rings. The fraction of sp³-hybridized carbons (Fsp3) is 0.357. The number of allylic oxidation sites excluding steroid dienone is 1. The Morgan fingerprint density at radius 1 is 1.43 bits per heavy atom. The molecule has 14 heavy (non-hydrogen) atoms. The average molecular weight is 185 g/mol. The van der Waals surface area contributed by atoms with E-state index in [0.717, 1.165) is 5.92 Å². The quantitative estimate of drug-likeness (QED) is 0.625. The summed E-state index contributed by atoms with van der Waals surface area (Å²) >= 11 is 0. The normalized spacial score (nSPS) is 17.9. The van der Waals surface area contributed by atoms with E-state index in [0.29, 0.717) is 0 Å². The van der Waals surface area contributed by atoms with E-state index in [2.05, 4.69) is 38.6 Å². The Labute approximate surface area is 86.7 Å². The second-order valence-corrected chi connectivity index (χ2v) is 4.23. The maximum Gasteiger partial charge on any atom is 0.00157 e. The van der Waals surface area contributed by atoms with Gasteiger partial charge in [-0.15, -0.1) is 6.58 Å². The first kappa shape index (κ1) is 9.51. The summed E-state index contributed by atoms with van der Waals surface area (Å²) < 4.78 is 0. The van der Waals surface area contributed by atoms with Gasteiger partial charge in [0.05, 0.1) is 0 Å². The molecule has 1 unspecified atom stereocenters. The van der Waals surface area contributed by atoms with Gasteiger partial charge in [0.2, 0.25) is 0 Å². The molecule has 0 spiro atoms. The molecule has 0 amide bonds. The van der Waals surface area contributed by atoms with E-state index >= 15 is 0 Å². The van der Waals surface area contributed by atoms with Gasteiger partial charge in [0.15, 0.2) is 0 Å². The summed E-state index contributed by atoms with van der Waals surface area (Å²) in [5.41, 5.74) is 4.23. The molecule has 2 rings (SSSR count). The lowest BCUT2D eigenvalue weighted by molar-refractivity contribution is 1.04. The van der Waals surface area contributed by atoms with Crippen LogP contribution in [0.5, 0.6) is 0 Å². The third kappa shape index (κ3) is 1.75. The van der Waals surface area contributed by atoms with Gasteiger partial charge >= 0.3 is 0 Å². The number of hydrogen-bond acceptors (Lipinski definition) is 0. The maximum atomic E-state index is 4.04. The van der Waals surface area contributed by atoms with Crippen molar-refractivity contribution < 1.29 is 0 Å². The van der Waals surface area contributed by atoms with Gasteiger partial charge < -0.3 is 0 Å². The van der Waals surface area contributed by atoms with Crippen LogP contribution in [0.3, 0.4) is 0 Å². The topological polar surface area (TPSA) is 0 Å². The van der Waals surface area contributed by atoms with Crippen LogP contribution in [0.4, 0.5) is 0 Å². The SMILES string of the molecule is [CH2]C(C=C)c1ccc(C2CC2)c(C)c1. The predicted molar refractivity (Wildman–Crippen MR) is 61.4 cm³/mol. The van der Waals surface area contributed by atoms with E-state index in [1.807, 2.05) is 6.08 Å². The third-order valence-electron chi connectivity index (χ3n) is 3.02. The highest BCUT2D eigenvalue weighted by atomic mass is 14.3. The third-order valence-corrected chi connectivity index (χ3v) is 3.02. The molecule has 1 aliphatic rings. The molecule has 0 aromatic heterocycles. The van der Waals surface area contributed by atoms with Crippen molar-refractivity contribution in [3.63, 3.8) is 0 Å². The molecule has 0 N–H and O–H groups in total. The number of benzene rings is 1. The standard InChI is InChI=1S/C14H17/c1-4-10(2)13-7-8-14(11(3)9-13)12-5-6-12/h4,7-10,12H,1-2,5-6H2,3H3. The van der Waals surface area contributed by atoms with Crippen molar-refractivity contribution in [2.75, 3.05) is 0 Å². The maximum absolute atomic E-state index is 4.04. The largest absolute Gasteiger partial charge is 0.102 e. The van der Waals surface area contributed by atoms with Crippen LogP contribution < -0.4 is 0 Å². The van der Waals surface area contributed by atoms with Crippen LogP contribution in [0.15, 0.2) is 30.9 Å². The highest BCUT2D eigenvalue weighted by molar-refractivity contribution is 5.38. The predicted octanol–water partition coefficient (Wildman–Crippen LogP) is 3.98. The van der Waals surface area contributed by atoms with Gasteiger partial charge in [-0.3, -0.25) is 0 Å². The van der Waals surface area contributed by atoms with Crippen molar-refractivity contribution >= 4 is 0 Å². The fourth-order valence-corrected chi connectivity index (χ4v) is 1.92. The van der Waals surface area contributed by atoms with Crippen molar-refractivity contribution in [3.05, 3.63) is 54.5 Å². The van der Waals surface area contributed by atoms with Gasteiger partial charge in [-0.1, -0.05) is 24.3 Å². The Hall–Kier alpha value is -1.04. The second-order valence-electron chi connectivity index (χ2n) is 4.23. The summed E-state index contributed by atoms with van der Waals surface area (Å²) in [6.45, 7) is 10.0. The zero-order valence-electron chi connectivity index (χ0n) is 8.79. The van der Waals surface area contributed by atoms with Crippen molar-refractivity contribution in [3.8, 4) is 0 Å². The van der Waals surface area contributed by atoms with Gasteiger partial charge in [0.25, 0.3) is 0 Å². The lowest BCUT2D eigenvalue weighted by Crippen LogP contribution is -1.93. The van der Waals surface area contributed by atoms with Crippen molar-refractivity contribution in [2.24, 2.45) is 0 Å². The molecule has 1 aromatic carbocycles. The van der Waals surface area contributed by atoms with Crippen LogP contribution >= 0.6 is 0 Å². The van der Waals surface area contributed by atoms with Crippen LogP contribution in [-0.4, -0.2) is 0 Å². The Bertz CT molecular complexity index is 345. The van der Waals surface area contributed by atoms with Crippen LogP contribution in [-0.2, 0) is 0 Å². The molecular formula is C14H17. The molecule has 0 aliphatic heterocycles. The smallest absolute Gasteiger partial charge is 0.00157 e. The van der Waals surface area contributed by atoms with E-state index < -0.39 is 0 Å². The molecule has 0 nitrogen and oxygen atoms in total. The lowest BCUT2D eigenvalue weighted by atomic mass is 9.95. The molecule has 73 valence electrons. The highest BCUT2D eigenvalue weighted by Crippen LogP contribution is 2.41. The first-order chi connectivity index (χ1) is 6.72. The zero-order chi connectivity index (χ0) is 10.1. The van der Waals surface area contributed by atoms with Crippen molar-refractivity contribution in [2.45, 2.75) is 31.6 Å². The fourth-order valence-electron chi connectivity index (χ4n) is 1.92. The summed E-state index contributed by atoms with van der Waals surface area (Å²) in [5.74, 6) is 1.07. The molecule has 1 saturated carbocycles. The molecule has 1 radical (unpaired) electrons. The molecular weight excluding hydrogens is 168 g/mol. The Morgan fingerprint density at radius 3 is 2.64 bits per heavy atom. The van der Waals surface area contributed by atoms with E-state index in [1.165, 1.54) is 29.5 Å². The first-order valence-electron chi connectivity index (χ1n) is 5.28. The molecule has 1 aliphatic carbocycles. The van der Waals surface area contributed by atoms with Gasteiger partial charge in [-0.2, -0.15) is 0 Å². The number of rotatable bonds is 3. The first-order valence-corrected chi connectivity index (χ1v) is 5.28. The summed E-state index contributed by atoms with van der Waals surface area (Å²) in [6, 6.07) is 6.72. The van der Waals surface area contributed by atoms with E-state index in [1.54, 1.807) is 0 Å². The van der Waals surface area contributed by atoms with Crippen molar-refractivity contribution in [1.29, 1.82) is 0 Å². The molecule has 1 aromatic rings. The van der Waals surface area contributed by atoms with Crippen LogP contribution in [0.2, 0.25) is 0 Å². The van der Waals surface area contributed by atoms with Gasteiger partial charge in [0, 0.05) is 5.92 Å². The van der Waals surface area contributed by atoms with Gasteiger partial charge in [-0.25, -0.2) is 0 Å². The molecule has 1 atom stereocenters. The van der Waals surface area contributed by atoms with Gasteiger partial charge in [-0.05, 0) is 49.3 Å². The molecule has 0 saturated heterocycles. The minimum Gasteiger partial charge on any atom is -0.102 e. The summed E-state index contributed by atoms with van der Waals surface area (Å²) in [5, 5.41) is 0. The minimum atomic E-state index is 0.224. The molecule has 0 heteroatoms. The van der Waals surface area contributed by atoms with Crippen LogP contribution in [0.25, 0.3) is 0 Å². The zero-order valence-corrected chi connectivity index (χ0v) is 8.79. The average Bonchev–Trinajstić information content (AvgIpc) is 3.00. The summed E-state index contributed by atoms with van der Waals surface area (Å²) in [6.07, 6.45) is 4.64. The monoisotopic (exact) mass is 185 g/mol. The summed E-state index contributed by atoms with van der Waals surface area (Å²) in [4.78, 5) is 0. The number of hydrogen-bond donors (Lipinski definition) is 0. The Kier molecular flexibility index (Phi) is 2.45. The second kappa shape index (κ2) is 3.61. The lowest BCUT2D eigenvalue weighted by Gasteiger charge is -2.10. The van der Waals surface area contributed by atoms with E-state index in [4.69, 9.17) is 0 Å². The summed E-state index contributed by atoms with van der Waals surface area (Å²) in [7, 11) is 0. The van der Waals surface area contributed by atoms with Crippen molar-refractivity contribution in [1.82, 2.24) is 0 Å². The van der Waals surface area contributed by atoms with E-state index in [-0.39, 0.29) is 5.92 Å². The highest BCUT2D eigenvalue weighted by Gasteiger charge is 2.24. The van der Waals surface area contributed by atoms with Gasteiger partial charge in [0.1, 0.15) is 0 Å². The Balaban J connectivity index is 2.29. The minimum absolute atomic E-state index is 0.224. The number of aryl methyl sites for hydroxylation is 1. The van der Waals surface area contributed by atoms with Crippen LogP contribution in [0, 0.1) is 13.8 Å². The van der Waals surface area contributed by atoms with Crippen LogP contribution in [0.1, 0.15) is 41.4 Å².